The Kier molecular flexibility index (Phi) is 8.27. The third-order valence-electron chi connectivity index (χ3n) is 5.44. The van der Waals surface area contributed by atoms with Gasteiger partial charge in [-0.3, -0.25) is 9.79 Å². The van der Waals surface area contributed by atoms with Gasteiger partial charge in [0, 0.05) is 38.9 Å². The minimum absolute atomic E-state index is 0.0940. The van der Waals surface area contributed by atoms with E-state index in [1.165, 1.54) is 36.2 Å². The Morgan fingerprint density at radius 3 is 2.52 bits per heavy atom. The lowest BCUT2D eigenvalue weighted by molar-refractivity contribution is -0.120. The van der Waals surface area contributed by atoms with Gasteiger partial charge in [0.1, 0.15) is 5.82 Å². The van der Waals surface area contributed by atoms with E-state index in [9.17, 15) is 9.18 Å². The Labute approximate surface area is 183 Å². The van der Waals surface area contributed by atoms with Crippen molar-refractivity contribution in [3.63, 3.8) is 0 Å². The van der Waals surface area contributed by atoms with Crippen LogP contribution >= 0.6 is 0 Å². The standard InChI is InChI=1S/C24H32FN5O/c1-18(20-6-5-7-22(17-20)30-14-3-4-15-30)29-24(26-2)28-13-12-27-23(31)16-19-8-10-21(25)11-9-19/h5-11,17-18H,3-4,12-16H2,1-2H3,(H,27,31)(H2,26,28,29). The van der Waals surface area contributed by atoms with E-state index >= 15 is 0 Å². The number of anilines is 1. The number of aliphatic imine (C=N–C) groups is 1. The molecule has 0 bridgehead atoms. The average molecular weight is 426 g/mol. The molecule has 1 saturated heterocycles. The van der Waals surface area contributed by atoms with E-state index in [1.54, 1.807) is 19.2 Å². The first kappa shape index (κ1) is 22.6. The monoisotopic (exact) mass is 425 g/mol. The number of hydrogen-bond donors (Lipinski definition) is 3. The molecule has 3 rings (SSSR count). The highest BCUT2D eigenvalue weighted by atomic mass is 19.1. The number of hydrogen-bond acceptors (Lipinski definition) is 3. The molecule has 0 saturated carbocycles. The van der Waals surface area contributed by atoms with Gasteiger partial charge in [-0.25, -0.2) is 4.39 Å². The van der Waals surface area contributed by atoms with Crippen LogP contribution in [0.3, 0.4) is 0 Å². The summed E-state index contributed by atoms with van der Waals surface area (Å²) in [7, 11) is 1.73. The Bertz CT molecular complexity index is 878. The van der Waals surface area contributed by atoms with Gasteiger partial charge < -0.3 is 20.9 Å². The Balaban J connectivity index is 1.41. The fraction of sp³-hybridized carbons (Fsp3) is 0.417. The SMILES string of the molecule is CN=C(NCCNC(=O)Cc1ccc(F)cc1)NC(C)c1cccc(N2CCCC2)c1. The Morgan fingerprint density at radius 1 is 1.10 bits per heavy atom. The second kappa shape index (κ2) is 11.3. The van der Waals surface area contributed by atoms with E-state index in [4.69, 9.17) is 0 Å². The van der Waals surface area contributed by atoms with Gasteiger partial charge in [0.2, 0.25) is 5.91 Å². The van der Waals surface area contributed by atoms with Crippen molar-refractivity contribution in [2.24, 2.45) is 4.99 Å². The van der Waals surface area contributed by atoms with Gasteiger partial charge in [-0.1, -0.05) is 24.3 Å². The summed E-state index contributed by atoms with van der Waals surface area (Å²) in [5, 5.41) is 9.50. The van der Waals surface area contributed by atoms with E-state index in [1.807, 2.05) is 0 Å². The first-order valence-electron chi connectivity index (χ1n) is 10.9. The highest BCUT2D eigenvalue weighted by Crippen LogP contribution is 2.23. The zero-order valence-electron chi connectivity index (χ0n) is 18.3. The van der Waals surface area contributed by atoms with Gasteiger partial charge in [0.15, 0.2) is 5.96 Å². The van der Waals surface area contributed by atoms with Crippen molar-refractivity contribution in [3.05, 3.63) is 65.5 Å². The zero-order chi connectivity index (χ0) is 22.1. The second-order valence-corrected chi connectivity index (χ2v) is 7.81. The van der Waals surface area contributed by atoms with Crippen molar-refractivity contribution in [1.29, 1.82) is 0 Å². The van der Waals surface area contributed by atoms with Crippen molar-refractivity contribution in [2.45, 2.75) is 32.2 Å². The molecule has 1 amide bonds. The number of benzene rings is 2. The van der Waals surface area contributed by atoms with Crippen LogP contribution in [-0.4, -0.2) is 45.1 Å². The molecule has 166 valence electrons. The molecule has 0 aromatic heterocycles. The van der Waals surface area contributed by atoms with Crippen LogP contribution in [0.5, 0.6) is 0 Å². The van der Waals surface area contributed by atoms with E-state index in [0.717, 1.165) is 18.7 Å². The minimum atomic E-state index is -0.302. The van der Waals surface area contributed by atoms with E-state index in [0.29, 0.717) is 19.0 Å². The van der Waals surface area contributed by atoms with Crippen molar-refractivity contribution in [3.8, 4) is 0 Å². The molecule has 2 aromatic rings. The molecular weight excluding hydrogens is 393 g/mol. The van der Waals surface area contributed by atoms with Crippen LogP contribution in [0.2, 0.25) is 0 Å². The summed E-state index contributed by atoms with van der Waals surface area (Å²) in [6.45, 7) is 5.39. The highest BCUT2D eigenvalue weighted by molar-refractivity contribution is 5.80. The minimum Gasteiger partial charge on any atom is -0.372 e. The van der Waals surface area contributed by atoms with Crippen LogP contribution in [-0.2, 0) is 11.2 Å². The first-order chi connectivity index (χ1) is 15.0. The van der Waals surface area contributed by atoms with Crippen LogP contribution < -0.4 is 20.9 Å². The quantitative estimate of drug-likeness (QED) is 0.346. The van der Waals surface area contributed by atoms with Gasteiger partial charge in [-0.15, -0.1) is 0 Å². The molecule has 2 aromatic carbocycles. The van der Waals surface area contributed by atoms with E-state index in [2.05, 4.69) is 57.0 Å². The van der Waals surface area contributed by atoms with E-state index < -0.39 is 0 Å². The fourth-order valence-corrected chi connectivity index (χ4v) is 3.68. The third kappa shape index (κ3) is 6.98. The van der Waals surface area contributed by atoms with Gasteiger partial charge in [-0.05, 0) is 55.2 Å². The van der Waals surface area contributed by atoms with E-state index in [-0.39, 0.29) is 24.2 Å². The Hall–Kier alpha value is -3.09. The van der Waals surface area contributed by atoms with Gasteiger partial charge in [0.05, 0.1) is 12.5 Å². The van der Waals surface area contributed by atoms with Crippen molar-refractivity contribution in [2.75, 3.05) is 38.1 Å². The maximum absolute atomic E-state index is 12.9. The second-order valence-electron chi connectivity index (χ2n) is 7.81. The molecule has 6 nitrogen and oxygen atoms in total. The lowest BCUT2D eigenvalue weighted by atomic mass is 10.1. The summed E-state index contributed by atoms with van der Waals surface area (Å²) in [5.74, 6) is 0.291. The first-order valence-corrected chi connectivity index (χ1v) is 10.9. The van der Waals surface area contributed by atoms with Crippen LogP contribution in [0.15, 0.2) is 53.5 Å². The molecule has 1 heterocycles. The lowest BCUT2D eigenvalue weighted by Gasteiger charge is -2.22. The van der Waals surface area contributed by atoms with Gasteiger partial charge in [-0.2, -0.15) is 0 Å². The molecule has 1 fully saturated rings. The normalized spacial score (nSPS) is 14.9. The van der Waals surface area contributed by atoms with Gasteiger partial charge >= 0.3 is 0 Å². The number of rotatable bonds is 8. The summed E-state index contributed by atoms with van der Waals surface area (Å²) in [4.78, 5) is 18.7. The molecule has 7 heteroatoms. The average Bonchev–Trinajstić information content (AvgIpc) is 3.32. The number of nitrogens with one attached hydrogen (secondary N) is 3. The van der Waals surface area contributed by atoms with Crippen molar-refractivity contribution in [1.82, 2.24) is 16.0 Å². The third-order valence-corrected chi connectivity index (χ3v) is 5.44. The van der Waals surface area contributed by atoms with Crippen molar-refractivity contribution >= 4 is 17.6 Å². The molecule has 1 unspecified atom stereocenters. The number of amides is 1. The van der Waals surface area contributed by atoms with Crippen LogP contribution in [0, 0.1) is 5.82 Å². The fourth-order valence-electron chi connectivity index (χ4n) is 3.68. The van der Waals surface area contributed by atoms with Gasteiger partial charge in [0.25, 0.3) is 0 Å². The maximum atomic E-state index is 12.9. The number of guanidine groups is 1. The smallest absolute Gasteiger partial charge is 0.224 e. The van der Waals surface area contributed by atoms with Crippen LogP contribution in [0.4, 0.5) is 10.1 Å². The number of halogens is 1. The zero-order valence-corrected chi connectivity index (χ0v) is 18.3. The molecule has 3 N–H and O–H groups in total. The summed E-state index contributed by atoms with van der Waals surface area (Å²) >= 11 is 0. The maximum Gasteiger partial charge on any atom is 0.224 e. The molecule has 0 radical (unpaired) electrons. The summed E-state index contributed by atoms with van der Waals surface area (Å²) < 4.78 is 12.9. The highest BCUT2D eigenvalue weighted by Gasteiger charge is 2.14. The number of carbonyl (C=O) groups is 1. The molecule has 0 spiro atoms. The largest absolute Gasteiger partial charge is 0.372 e. The molecule has 31 heavy (non-hydrogen) atoms. The molecular formula is C24H32FN5O. The predicted octanol–water partition coefficient (Wildman–Crippen LogP) is 3.01. The van der Waals surface area contributed by atoms with Crippen LogP contribution in [0.25, 0.3) is 0 Å². The lowest BCUT2D eigenvalue weighted by Crippen LogP contribution is -2.42. The van der Waals surface area contributed by atoms with Crippen molar-refractivity contribution < 1.29 is 9.18 Å². The molecule has 1 aliphatic heterocycles. The summed E-state index contributed by atoms with van der Waals surface area (Å²) in [6, 6.07) is 14.7. The number of carbonyl (C=O) groups excluding carboxylic acids is 1. The predicted molar refractivity (Wildman–Crippen MR) is 124 cm³/mol. The molecule has 1 aliphatic rings. The Morgan fingerprint density at radius 2 is 1.81 bits per heavy atom. The summed E-state index contributed by atoms with van der Waals surface area (Å²) in [6.07, 6.45) is 2.75. The van der Waals surface area contributed by atoms with Crippen LogP contribution in [0.1, 0.15) is 36.9 Å². The topological polar surface area (TPSA) is 68.8 Å². The summed E-state index contributed by atoms with van der Waals surface area (Å²) in [5.41, 5.74) is 3.27. The number of nitrogens with zero attached hydrogens (tertiary/aromatic N) is 2. The molecule has 1 atom stereocenters. The molecule has 0 aliphatic carbocycles.